The van der Waals surface area contributed by atoms with E-state index in [9.17, 15) is 14.3 Å². The first-order valence-electron chi connectivity index (χ1n) is 6.67. The average molecular weight is 283 g/mol. The summed E-state index contributed by atoms with van der Waals surface area (Å²) < 4.78 is 12.8. The zero-order chi connectivity index (χ0) is 14.8. The van der Waals surface area contributed by atoms with Gasteiger partial charge in [-0.25, -0.2) is 4.39 Å². The van der Waals surface area contributed by atoms with Crippen LogP contribution in [0.25, 0.3) is 10.9 Å². The third-order valence-corrected chi connectivity index (χ3v) is 3.45. The molecule has 0 atom stereocenters. The van der Waals surface area contributed by atoms with Crippen LogP contribution in [0.1, 0.15) is 11.1 Å². The molecule has 1 aromatic heterocycles. The molecule has 0 aliphatic carbocycles. The molecule has 0 radical (unpaired) electrons. The highest BCUT2D eigenvalue weighted by atomic mass is 19.1. The molecule has 2 N–H and O–H groups in total. The first-order chi connectivity index (χ1) is 10.1. The number of aromatic hydroxyl groups is 1. The number of ketones is 1. The van der Waals surface area contributed by atoms with Crippen molar-refractivity contribution in [2.24, 2.45) is 0 Å². The Bertz CT molecular complexity index is 790. The van der Waals surface area contributed by atoms with Gasteiger partial charge in [0.2, 0.25) is 0 Å². The smallest absolute Gasteiger partial charge is 0.141 e. The Hall–Kier alpha value is -2.62. The fraction of sp³-hybridized carbons (Fsp3) is 0.118. The van der Waals surface area contributed by atoms with Crippen molar-refractivity contribution in [2.75, 3.05) is 0 Å². The van der Waals surface area contributed by atoms with E-state index in [1.54, 1.807) is 36.5 Å². The molecule has 0 fully saturated rings. The summed E-state index contributed by atoms with van der Waals surface area (Å²) in [5.41, 5.74) is 2.54. The number of carbonyl (C=O) groups is 1. The van der Waals surface area contributed by atoms with Crippen molar-refractivity contribution in [1.29, 1.82) is 0 Å². The third-order valence-electron chi connectivity index (χ3n) is 3.45. The van der Waals surface area contributed by atoms with Crippen LogP contribution in [0.5, 0.6) is 5.75 Å². The quantitative estimate of drug-likeness (QED) is 0.771. The Kier molecular flexibility index (Phi) is 3.44. The van der Waals surface area contributed by atoms with Gasteiger partial charge in [-0.2, -0.15) is 0 Å². The number of H-pyrrole nitrogens is 1. The van der Waals surface area contributed by atoms with Gasteiger partial charge < -0.3 is 10.1 Å². The van der Waals surface area contributed by atoms with Crippen LogP contribution in [0.15, 0.2) is 48.7 Å². The van der Waals surface area contributed by atoms with Crippen molar-refractivity contribution in [1.82, 2.24) is 4.98 Å². The molecule has 106 valence electrons. The average Bonchev–Trinajstić information content (AvgIpc) is 2.84. The SMILES string of the molecule is O=C(Cc1ccc(F)cc1)Cc1c[nH]c2ccc(O)cc12. The molecule has 4 heteroatoms. The third kappa shape index (κ3) is 2.94. The number of phenols is 1. The summed E-state index contributed by atoms with van der Waals surface area (Å²) in [5, 5.41) is 10.4. The number of benzene rings is 2. The van der Waals surface area contributed by atoms with Gasteiger partial charge in [0.25, 0.3) is 0 Å². The fourth-order valence-corrected chi connectivity index (χ4v) is 2.42. The highest BCUT2D eigenvalue weighted by Crippen LogP contribution is 2.23. The van der Waals surface area contributed by atoms with Gasteiger partial charge in [-0.05, 0) is 41.5 Å². The highest BCUT2D eigenvalue weighted by molar-refractivity contribution is 5.91. The van der Waals surface area contributed by atoms with Gasteiger partial charge in [0.05, 0.1) is 0 Å². The molecule has 0 spiro atoms. The number of carbonyl (C=O) groups excluding carboxylic acids is 1. The maximum absolute atomic E-state index is 12.8. The van der Waals surface area contributed by atoms with Gasteiger partial charge >= 0.3 is 0 Å². The Morgan fingerprint density at radius 1 is 1.10 bits per heavy atom. The van der Waals surface area contributed by atoms with Crippen LogP contribution < -0.4 is 0 Å². The summed E-state index contributed by atoms with van der Waals surface area (Å²) in [7, 11) is 0. The minimum absolute atomic E-state index is 0.0471. The lowest BCUT2D eigenvalue weighted by Gasteiger charge is -2.02. The number of aromatic amines is 1. The van der Waals surface area contributed by atoms with E-state index in [1.165, 1.54) is 12.1 Å². The number of halogens is 1. The van der Waals surface area contributed by atoms with Crippen molar-refractivity contribution >= 4 is 16.7 Å². The van der Waals surface area contributed by atoms with E-state index in [4.69, 9.17) is 0 Å². The number of nitrogens with one attached hydrogen (secondary N) is 1. The number of hydrogen-bond acceptors (Lipinski definition) is 2. The van der Waals surface area contributed by atoms with Gasteiger partial charge in [0, 0.05) is 29.9 Å². The first-order valence-corrected chi connectivity index (χ1v) is 6.67. The molecule has 3 nitrogen and oxygen atoms in total. The normalized spacial score (nSPS) is 10.9. The zero-order valence-electron chi connectivity index (χ0n) is 11.3. The highest BCUT2D eigenvalue weighted by Gasteiger charge is 2.10. The molecule has 3 rings (SSSR count). The lowest BCUT2D eigenvalue weighted by atomic mass is 10.0. The predicted octanol–water partition coefficient (Wildman–Crippen LogP) is 3.37. The number of rotatable bonds is 4. The van der Waals surface area contributed by atoms with E-state index in [0.29, 0.717) is 0 Å². The number of hydrogen-bond donors (Lipinski definition) is 2. The van der Waals surface area contributed by atoms with E-state index >= 15 is 0 Å². The second kappa shape index (κ2) is 5.40. The van der Waals surface area contributed by atoms with Crippen LogP contribution in [0.3, 0.4) is 0 Å². The molecular weight excluding hydrogens is 269 g/mol. The van der Waals surface area contributed by atoms with Crippen molar-refractivity contribution in [3.63, 3.8) is 0 Å². The predicted molar refractivity (Wildman–Crippen MR) is 78.8 cm³/mol. The van der Waals surface area contributed by atoms with Gasteiger partial charge in [-0.3, -0.25) is 4.79 Å². The van der Waals surface area contributed by atoms with Crippen molar-refractivity contribution in [3.8, 4) is 5.75 Å². The minimum atomic E-state index is -0.307. The molecule has 0 amide bonds. The van der Waals surface area contributed by atoms with E-state index in [0.717, 1.165) is 22.0 Å². The fourth-order valence-electron chi connectivity index (χ4n) is 2.42. The minimum Gasteiger partial charge on any atom is -0.508 e. The Balaban J connectivity index is 1.77. The molecular formula is C17H14FNO2. The largest absolute Gasteiger partial charge is 0.508 e. The lowest BCUT2D eigenvalue weighted by Crippen LogP contribution is -2.06. The number of fused-ring (bicyclic) bond motifs is 1. The summed E-state index contributed by atoms with van der Waals surface area (Å²) in [6, 6.07) is 11.0. The number of aromatic nitrogens is 1. The standard InChI is InChI=1S/C17H14FNO2/c18-13-3-1-11(2-4-13)7-15(21)8-12-10-19-17-6-5-14(20)9-16(12)17/h1-6,9-10,19-20H,7-8H2. The molecule has 3 aromatic rings. The summed E-state index contributed by atoms with van der Waals surface area (Å²) in [4.78, 5) is 15.2. The maximum Gasteiger partial charge on any atom is 0.141 e. The Morgan fingerprint density at radius 2 is 1.86 bits per heavy atom. The van der Waals surface area contributed by atoms with Gasteiger partial charge in [-0.1, -0.05) is 12.1 Å². The van der Waals surface area contributed by atoms with Crippen LogP contribution in [-0.2, 0) is 17.6 Å². The Labute approximate surface area is 121 Å². The van der Waals surface area contributed by atoms with Gasteiger partial charge in [0.1, 0.15) is 17.3 Å². The molecule has 0 bridgehead atoms. The molecule has 2 aromatic carbocycles. The van der Waals surface area contributed by atoms with Crippen LogP contribution in [-0.4, -0.2) is 15.9 Å². The van der Waals surface area contributed by atoms with Crippen molar-refractivity contribution < 1.29 is 14.3 Å². The first kappa shape index (κ1) is 13.4. The van der Waals surface area contributed by atoms with Gasteiger partial charge in [-0.15, -0.1) is 0 Å². The molecule has 1 heterocycles. The van der Waals surface area contributed by atoms with Gasteiger partial charge in [0.15, 0.2) is 0 Å². The molecule has 0 saturated heterocycles. The molecule has 0 aliphatic heterocycles. The van der Waals surface area contributed by atoms with Crippen LogP contribution >= 0.6 is 0 Å². The number of phenolic OH excluding ortho intramolecular Hbond substituents is 1. The monoisotopic (exact) mass is 283 g/mol. The van der Waals surface area contributed by atoms with Crippen molar-refractivity contribution in [2.45, 2.75) is 12.8 Å². The van der Waals surface area contributed by atoms with Crippen molar-refractivity contribution in [3.05, 3.63) is 65.6 Å². The van der Waals surface area contributed by atoms with E-state index in [2.05, 4.69) is 4.98 Å². The summed E-state index contributed by atoms with van der Waals surface area (Å²) in [6.07, 6.45) is 2.33. The van der Waals surface area contributed by atoms with Crippen LogP contribution in [0.2, 0.25) is 0 Å². The second-order valence-electron chi connectivity index (χ2n) is 5.06. The summed E-state index contributed by atoms with van der Waals surface area (Å²) in [6.45, 7) is 0. The van der Waals surface area contributed by atoms with E-state index in [-0.39, 0.29) is 30.2 Å². The topological polar surface area (TPSA) is 53.1 Å². The lowest BCUT2D eigenvalue weighted by molar-refractivity contribution is -0.117. The second-order valence-corrected chi connectivity index (χ2v) is 5.06. The zero-order valence-corrected chi connectivity index (χ0v) is 11.3. The Morgan fingerprint density at radius 3 is 2.62 bits per heavy atom. The number of Topliss-reactive ketones (excluding diaryl/α,β-unsaturated/α-hetero) is 1. The molecule has 0 aliphatic rings. The summed E-state index contributed by atoms with van der Waals surface area (Å²) in [5.74, 6) is -0.0847. The summed E-state index contributed by atoms with van der Waals surface area (Å²) >= 11 is 0. The maximum atomic E-state index is 12.8. The molecule has 0 unspecified atom stereocenters. The van der Waals surface area contributed by atoms with Crippen LogP contribution in [0, 0.1) is 5.82 Å². The van der Waals surface area contributed by atoms with Crippen LogP contribution in [0.4, 0.5) is 4.39 Å². The van der Waals surface area contributed by atoms with E-state index in [1.807, 2.05) is 0 Å². The molecule has 21 heavy (non-hydrogen) atoms. The van der Waals surface area contributed by atoms with E-state index < -0.39 is 0 Å². The molecule has 0 saturated carbocycles.